The van der Waals surface area contributed by atoms with Crippen LogP contribution in [0, 0.1) is 5.92 Å². The van der Waals surface area contributed by atoms with E-state index in [2.05, 4.69) is 16.0 Å². The van der Waals surface area contributed by atoms with Crippen molar-refractivity contribution in [3.63, 3.8) is 0 Å². The summed E-state index contributed by atoms with van der Waals surface area (Å²) in [5.74, 6) is -5.24. The van der Waals surface area contributed by atoms with Crippen molar-refractivity contribution < 1.29 is 34.2 Å². The molecule has 0 saturated heterocycles. The highest BCUT2D eigenvalue weighted by molar-refractivity contribution is 5.94. The molecule has 33 heavy (non-hydrogen) atoms. The quantitative estimate of drug-likeness (QED) is 0.228. The first kappa shape index (κ1) is 27.6. The number of nitrogens with two attached hydrogens (primary N) is 1. The normalized spacial score (nSPS) is 15.3. The molecular formula is C22H32N4O7. The molecule has 0 aliphatic carbocycles. The molecule has 1 aromatic rings. The molecule has 11 nitrogen and oxygen atoms in total. The van der Waals surface area contributed by atoms with E-state index in [-0.39, 0.29) is 12.3 Å². The Morgan fingerprint density at radius 1 is 0.879 bits per heavy atom. The molecule has 7 N–H and O–H groups in total. The largest absolute Gasteiger partial charge is 0.481 e. The number of carboxylic acid groups (broad SMARTS) is 2. The molecule has 0 aliphatic heterocycles. The average molecular weight is 465 g/mol. The van der Waals surface area contributed by atoms with Crippen molar-refractivity contribution in [1.29, 1.82) is 0 Å². The lowest BCUT2D eigenvalue weighted by Gasteiger charge is -2.27. The van der Waals surface area contributed by atoms with Crippen molar-refractivity contribution in [3.8, 4) is 0 Å². The van der Waals surface area contributed by atoms with Gasteiger partial charge in [0.15, 0.2) is 0 Å². The highest BCUT2D eigenvalue weighted by atomic mass is 16.4. The van der Waals surface area contributed by atoms with Gasteiger partial charge in [0.25, 0.3) is 0 Å². The van der Waals surface area contributed by atoms with E-state index in [1.807, 2.05) is 6.92 Å². The fourth-order valence-corrected chi connectivity index (χ4v) is 2.95. The molecule has 5 atom stereocenters. The third-order valence-corrected chi connectivity index (χ3v) is 5.12. The van der Waals surface area contributed by atoms with Gasteiger partial charge in [-0.1, -0.05) is 50.6 Å². The van der Waals surface area contributed by atoms with E-state index in [4.69, 9.17) is 10.8 Å². The minimum Gasteiger partial charge on any atom is -0.481 e. The first-order chi connectivity index (χ1) is 15.5. The van der Waals surface area contributed by atoms with Crippen LogP contribution in [-0.4, -0.2) is 64.0 Å². The third kappa shape index (κ3) is 9.27. The lowest BCUT2D eigenvalue weighted by Crippen LogP contribution is -2.59. The number of nitrogens with one attached hydrogen (secondary N) is 3. The average Bonchev–Trinajstić information content (AvgIpc) is 2.75. The van der Waals surface area contributed by atoms with Gasteiger partial charge in [0.2, 0.25) is 17.7 Å². The second-order valence-electron chi connectivity index (χ2n) is 7.91. The highest BCUT2D eigenvalue weighted by Crippen LogP contribution is 2.11. The molecule has 0 aromatic heterocycles. The van der Waals surface area contributed by atoms with Gasteiger partial charge in [0.05, 0.1) is 12.5 Å². The van der Waals surface area contributed by atoms with Crippen LogP contribution >= 0.6 is 0 Å². The number of carboxylic acids is 2. The van der Waals surface area contributed by atoms with Crippen LogP contribution in [0.25, 0.3) is 0 Å². The maximum Gasteiger partial charge on any atom is 0.326 e. The molecule has 0 aliphatic rings. The van der Waals surface area contributed by atoms with E-state index in [0.717, 1.165) is 0 Å². The van der Waals surface area contributed by atoms with Crippen LogP contribution in [0.3, 0.4) is 0 Å². The zero-order valence-electron chi connectivity index (χ0n) is 18.9. The second-order valence-corrected chi connectivity index (χ2v) is 7.91. The summed E-state index contributed by atoms with van der Waals surface area (Å²) in [7, 11) is 0. The Labute approximate surface area is 192 Å². The molecule has 0 spiro atoms. The number of rotatable bonds is 13. The molecule has 0 heterocycles. The van der Waals surface area contributed by atoms with E-state index >= 15 is 0 Å². The zero-order chi connectivity index (χ0) is 25.1. The summed E-state index contributed by atoms with van der Waals surface area (Å²) in [5.41, 5.74) is 6.27. The minimum absolute atomic E-state index is 0.0201. The fraction of sp³-hybridized carbons (Fsp3) is 0.500. The van der Waals surface area contributed by atoms with E-state index in [0.29, 0.717) is 12.0 Å². The van der Waals surface area contributed by atoms with E-state index < -0.39 is 60.2 Å². The summed E-state index contributed by atoms with van der Waals surface area (Å²) in [6.07, 6.45) is -0.258. The molecule has 0 saturated carbocycles. The van der Waals surface area contributed by atoms with Gasteiger partial charge in [-0.2, -0.15) is 0 Å². The Kier molecular flexibility index (Phi) is 11.0. The van der Waals surface area contributed by atoms with Crippen LogP contribution in [0.1, 0.15) is 39.2 Å². The number of carbonyl (C=O) groups excluding carboxylic acids is 3. The lowest BCUT2D eigenvalue weighted by atomic mass is 9.96. The van der Waals surface area contributed by atoms with Crippen LogP contribution < -0.4 is 21.7 Å². The van der Waals surface area contributed by atoms with Crippen LogP contribution in [0.15, 0.2) is 30.3 Å². The minimum atomic E-state index is -1.67. The number of hydrogen-bond acceptors (Lipinski definition) is 6. The predicted octanol–water partition coefficient (Wildman–Crippen LogP) is -0.364. The molecule has 3 amide bonds. The molecule has 1 rings (SSSR count). The van der Waals surface area contributed by atoms with Gasteiger partial charge in [-0.3, -0.25) is 19.2 Å². The van der Waals surface area contributed by atoms with E-state index in [1.54, 1.807) is 37.3 Å². The number of amides is 3. The van der Waals surface area contributed by atoms with Crippen molar-refractivity contribution in [2.75, 3.05) is 0 Å². The maximum absolute atomic E-state index is 13.0. The standard InChI is InChI=1S/C22H32N4O7/c1-4-12(2)18(26-19(29)13(3)23)21(31)24-15(10-14-8-6-5-7-9-14)20(30)25-16(22(32)33)11-17(27)28/h5-9,12-13,15-16,18H,4,10-11,23H2,1-3H3,(H,24,31)(H,25,30)(H,26,29)(H,27,28)(H,32,33). The van der Waals surface area contributed by atoms with Crippen LogP contribution in [0.4, 0.5) is 0 Å². The molecule has 0 radical (unpaired) electrons. The molecule has 11 heteroatoms. The zero-order valence-corrected chi connectivity index (χ0v) is 18.9. The van der Waals surface area contributed by atoms with E-state index in [9.17, 15) is 29.1 Å². The van der Waals surface area contributed by atoms with Gasteiger partial charge < -0.3 is 31.9 Å². The summed E-state index contributed by atoms with van der Waals surface area (Å²) >= 11 is 0. The van der Waals surface area contributed by atoms with Crippen molar-refractivity contribution >= 4 is 29.7 Å². The Hall–Kier alpha value is -3.47. The lowest BCUT2D eigenvalue weighted by molar-refractivity contribution is -0.147. The number of hydrogen-bond donors (Lipinski definition) is 6. The SMILES string of the molecule is CCC(C)C(NC(=O)C(C)N)C(=O)NC(Cc1ccccc1)C(=O)NC(CC(=O)O)C(=O)O. The maximum atomic E-state index is 13.0. The first-order valence-electron chi connectivity index (χ1n) is 10.6. The Morgan fingerprint density at radius 2 is 1.45 bits per heavy atom. The van der Waals surface area contributed by atoms with Crippen molar-refractivity contribution in [1.82, 2.24) is 16.0 Å². The Morgan fingerprint density at radius 3 is 1.94 bits per heavy atom. The third-order valence-electron chi connectivity index (χ3n) is 5.12. The first-order valence-corrected chi connectivity index (χ1v) is 10.6. The number of aliphatic carboxylic acids is 2. The fourth-order valence-electron chi connectivity index (χ4n) is 2.95. The van der Waals surface area contributed by atoms with E-state index in [1.165, 1.54) is 6.92 Å². The smallest absolute Gasteiger partial charge is 0.326 e. The summed E-state index contributed by atoms with van der Waals surface area (Å²) in [6.45, 7) is 5.06. The molecule has 0 fully saturated rings. The molecule has 1 aromatic carbocycles. The van der Waals surface area contributed by atoms with Gasteiger partial charge in [-0.15, -0.1) is 0 Å². The van der Waals surface area contributed by atoms with Crippen LogP contribution in [-0.2, 0) is 30.4 Å². The van der Waals surface area contributed by atoms with Crippen LogP contribution in [0.5, 0.6) is 0 Å². The second kappa shape index (κ2) is 13.2. The molecule has 182 valence electrons. The summed E-state index contributed by atoms with van der Waals surface area (Å²) < 4.78 is 0. The van der Waals surface area contributed by atoms with Gasteiger partial charge in [0.1, 0.15) is 18.1 Å². The Bertz CT molecular complexity index is 844. The van der Waals surface area contributed by atoms with Crippen molar-refractivity contribution in [2.45, 2.75) is 64.2 Å². The van der Waals surface area contributed by atoms with Crippen LogP contribution in [0.2, 0.25) is 0 Å². The molecular weight excluding hydrogens is 432 g/mol. The summed E-state index contributed by atoms with van der Waals surface area (Å²) in [6, 6.07) is 3.98. The summed E-state index contributed by atoms with van der Waals surface area (Å²) in [5, 5.41) is 25.5. The van der Waals surface area contributed by atoms with Crippen molar-refractivity contribution in [2.24, 2.45) is 11.7 Å². The molecule has 5 unspecified atom stereocenters. The topological polar surface area (TPSA) is 188 Å². The predicted molar refractivity (Wildman–Crippen MR) is 119 cm³/mol. The summed E-state index contributed by atoms with van der Waals surface area (Å²) in [4.78, 5) is 60.3. The van der Waals surface area contributed by atoms with Gasteiger partial charge in [0, 0.05) is 6.42 Å². The van der Waals surface area contributed by atoms with Crippen molar-refractivity contribution in [3.05, 3.63) is 35.9 Å². The van der Waals surface area contributed by atoms with Gasteiger partial charge >= 0.3 is 11.9 Å². The Balaban J connectivity index is 3.14. The monoisotopic (exact) mass is 464 g/mol. The highest BCUT2D eigenvalue weighted by Gasteiger charge is 2.32. The van der Waals surface area contributed by atoms with Gasteiger partial charge in [-0.25, -0.2) is 4.79 Å². The number of carbonyl (C=O) groups is 5. The molecule has 0 bridgehead atoms. The van der Waals surface area contributed by atoms with Gasteiger partial charge in [-0.05, 0) is 18.4 Å². The number of benzene rings is 1.